The minimum Gasteiger partial charge on any atom is -0.369 e. The van der Waals surface area contributed by atoms with E-state index in [1.165, 1.54) is 12.1 Å². The third-order valence-electron chi connectivity index (χ3n) is 4.37. The predicted molar refractivity (Wildman–Crippen MR) is 92.1 cm³/mol. The van der Waals surface area contributed by atoms with Gasteiger partial charge in [0.1, 0.15) is 11.5 Å². The highest BCUT2D eigenvalue weighted by atomic mass is 19.1. The standard InChI is InChI=1S/C18H21FN4O3/c19-14-5-1-3-12(7-14)16-8-15(26-22-16)9-21-18(25)13-4-2-6-23(10-13)11-17(20)24/h1,3,5,7-8,13H,2,4,6,9-11H2,(H2,20,24)(H,21,25). The van der Waals surface area contributed by atoms with Crippen molar-refractivity contribution in [1.82, 2.24) is 15.4 Å². The molecule has 1 aromatic carbocycles. The number of halogens is 1. The first-order valence-electron chi connectivity index (χ1n) is 8.51. The first-order valence-corrected chi connectivity index (χ1v) is 8.51. The van der Waals surface area contributed by atoms with Crippen molar-refractivity contribution in [3.8, 4) is 11.3 Å². The summed E-state index contributed by atoms with van der Waals surface area (Å²) in [5.41, 5.74) is 6.34. The van der Waals surface area contributed by atoms with Crippen molar-refractivity contribution in [1.29, 1.82) is 0 Å². The fourth-order valence-electron chi connectivity index (χ4n) is 3.13. The lowest BCUT2D eigenvalue weighted by atomic mass is 9.97. The van der Waals surface area contributed by atoms with E-state index in [4.69, 9.17) is 10.3 Å². The van der Waals surface area contributed by atoms with Gasteiger partial charge in [-0.25, -0.2) is 4.39 Å². The van der Waals surface area contributed by atoms with Gasteiger partial charge in [0.15, 0.2) is 5.76 Å². The minimum atomic E-state index is -0.391. The number of nitrogens with two attached hydrogens (primary N) is 1. The highest BCUT2D eigenvalue weighted by molar-refractivity contribution is 5.79. The Morgan fingerprint density at radius 2 is 2.23 bits per heavy atom. The quantitative estimate of drug-likeness (QED) is 0.808. The molecule has 138 valence electrons. The summed E-state index contributed by atoms with van der Waals surface area (Å²) in [6.07, 6.45) is 1.61. The van der Waals surface area contributed by atoms with Gasteiger partial charge >= 0.3 is 0 Å². The van der Waals surface area contributed by atoms with Gasteiger partial charge in [-0.05, 0) is 31.5 Å². The molecule has 1 aliphatic heterocycles. The third-order valence-corrected chi connectivity index (χ3v) is 4.37. The molecule has 8 heteroatoms. The number of hydrogen-bond donors (Lipinski definition) is 2. The van der Waals surface area contributed by atoms with Gasteiger partial charge in [-0.2, -0.15) is 0 Å². The molecule has 3 rings (SSSR count). The number of carbonyl (C=O) groups excluding carboxylic acids is 2. The molecule has 1 unspecified atom stereocenters. The highest BCUT2D eigenvalue weighted by Crippen LogP contribution is 2.20. The number of hydrogen-bond acceptors (Lipinski definition) is 5. The smallest absolute Gasteiger partial charge is 0.231 e. The minimum absolute atomic E-state index is 0.0946. The lowest BCUT2D eigenvalue weighted by Crippen LogP contribution is -2.45. The summed E-state index contributed by atoms with van der Waals surface area (Å²) in [5.74, 6) is -0.533. The van der Waals surface area contributed by atoms with Crippen molar-refractivity contribution >= 4 is 11.8 Å². The number of likely N-dealkylation sites (tertiary alicyclic amines) is 1. The van der Waals surface area contributed by atoms with Crippen molar-refractivity contribution < 1.29 is 18.5 Å². The Labute approximate surface area is 150 Å². The van der Waals surface area contributed by atoms with E-state index in [9.17, 15) is 14.0 Å². The Balaban J connectivity index is 1.54. The van der Waals surface area contributed by atoms with Crippen LogP contribution in [0.15, 0.2) is 34.9 Å². The zero-order valence-corrected chi connectivity index (χ0v) is 14.3. The lowest BCUT2D eigenvalue weighted by Gasteiger charge is -2.30. The number of benzene rings is 1. The number of piperidine rings is 1. The molecular formula is C18H21FN4O3. The SMILES string of the molecule is NC(=O)CN1CCCC(C(=O)NCc2cc(-c3cccc(F)c3)no2)C1. The zero-order valence-electron chi connectivity index (χ0n) is 14.3. The van der Waals surface area contributed by atoms with Crippen LogP contribution in [0.5, 0.6) is 0 Å². The largest absolute Gasteiger partial charge is 0.369 e. The maximum Gasteiger partial charge on any atom is 0.231 e. The Hall–Kier alpha value is -2.74. The molecule has 0 radical (unpaired) electrons. The summed E-state index contributed by atoms with van der Waals surface area (Å²) in [5, 5.41) is 6.74. The van der Waals surface area contributed by atoms with Crippen LogP contribution >= 0.6 is 0 Å². The summed E-state index contributed by atoms with van der Waals surface area (Å²) in [6, 6.07) is 7.74. The molecule has 0 bridgehead atoms. The molecule has 2 aromatic rings. The number of rotatable bonds is 6. The molecule has 1 saturated heterocycles. The number of nitrogens with one attached hydrogen (secondary N) is 1. The average molecular weight is 360 g/mol. The second-order valence-electron chi connectivity index (χ2n) is 6.45. The molecule has 0 spiro atoms. The number of amides is 2. The maximum absolute atomic E-state index is 13.3. The van der Waals surface area contributed by atoms with Crippen LogP contribution in [0.3, 0.4) is 0 Å². The molecule has 1 aromatic heterocycles. The van der Waals surface area contributed by atoms with Gasteiger partial charge in [-0.1, -0.05) is 17.3 Å². The number of primary amides is 1. The van der Waals surface area contributed by atoms with Gasteiger partial charge in [0.25, 0.3) is 0 Å². The molecule has 1 aliphatic rings. The normalized spacial score (nSPS) is 17.8. The van der Waals surface area contributed by atoms with E-state index >= 15 is 0 Å². The molecule has 7 nitrogen and oxygen atoms in total. The van der Waals surface area contributed by atoms with E-state index < -0.39 is 5.91 Å². The summed E-state index contributed by atoms with van der Waals surface area (Å²) in [7, 11) is 0. The Morgan fingerprint density at radius 1 is 1.38 bits per heavy atom. The first kappa shape index (κ1) is 18.1. The summed E-state index contributed by atoms with van der Waals surface area (Å²) < 4.78 is 18.5. The van der Waals surface area contributed by atoms with Gasteiger partial charge < -0.3 is 15.6 Å². The molecule has 0 saturated carbocycles. The van der Waals surface area contributed by atoms with Gasteiger partial charge in [-0.15, -0.1) is 0 Å². The molecule has 2 amide bonds. The second kappa shape index (κ2) is 8.09. The van der Waals surface area contributed by atoms with Crippen LogP contribution in [0.4, 0.5) is 4.39 Å². The predicted octanol–water partition coefficient (Wildman–Crippen LogP) is 1.29. The van der Waals surface area contributed by atoms with Crippen molar-refractivity contribution in [2.45, 2.75) is 19.4 Å². The van der Waals surface area contributed by atoms with Gasteiger partial charge in [-0.3, -0.25) is 14.5 Å². The average Bonchev–Trinajstić information content (AvgIpc) is 3.08. The topological polar surface area (TPSA) is 101 Å². The number of nitrogens with zero attached hydrogens (tertiary/aromatic N) is 2. The maximum atomic E-state index is 13.3. The van der Waals surface area contributed by atoms with Gasteiger partial charge in [0.2, 0.25) is 11.8 Å². The summed E-state index contributed by atoms with van der Waals surface area (Å²) in [4.78, 5) is 25.3. The molecule has 2 heterocycles. The van der Waals surface area contributed by atoms with E-state index in [0.717, 1.165) is 19.4 Å². The molecule has 0 aliphatic carbocycles. The highest BCUT2D eigenvalue weighted by Gasteiger charge is 2.26. The van der Waals surface area contributed by atoms with Crippen LogP contribution in [0, 0.1) is 11.7 Å². The van der Waals surface area contributed by atoms with Crippen LogP contribution in [0.25, 0.3) is 11.3 Å². The van der Waals surface area contributed by atoms with Crippen molar-refractivity contribution in [2.24, 2.45) is 11.7 Å². The fraction of sp³-hybridized carbons (Fsp3) is 0.389. The van der Waals surface area contributed by atoms with E-state index in [1.54, 1.807) is 18.2 Å². The monoisotopic (exact) mass is 360 g/mol. The molecule has 3 N–H and O–H groups in total. The second-order valence-corrected chi connectivity index (χ2v) is 6.45. The number of aromatic nitrogens is 1. The van der Waals surface area contributed by atoms with Crippen LogP contribution in [-0.4, -0.2) is 41.5 Å². The van der Waals surface area contributed by atoms with Crippen LogP contribution in [-0.2, 0) is 16.1 Å². The van der Waals surface area contributed by atoms with Crippen molar-refractivity contribution in [2.75, 3.05) is 19.6 Å². The van der Waals surface area contributed by atoms with Crippen LogP contribution in [0.2, 0.25) is 0 Å². The third kappa shape index (κ3) is 4.66. The van der Waals surface area contributed by atoms with Gasteiger partial charge in [0.05, 0.1) is 19.0 Å². The molecule has 26 heavy (non-hydrogen) atoms. The van der Waals surface area contributed by atoms with E-state index in [1.807, 2.05) is 4.90 Å². The molecular weight excluding hydrogens is 339 g/mol. The first-order chi connectivity index (χ1) is 12.5. The Bertz CT molecular complexity index is 792. The van der Waals surface area contributed by atoms with Gasteiger partial charge in [0, 0.05) is 18.2 Å². The van der Waals surface area contributed by atoms with E-state index in [2.05, 4.69) is 10.5 Å². The van der Waals surface area contributed by atoms with E-state index in [0.29, 0.717) is 23.6 Å². The lowest BCUT2D eigenvalue weighted by molar-refractivity contribution is -0.128. The Kier molecular flexibility index (Phi) is 5.62. The summed E-state index contributed by atoms with van der Waals surface area (Å²) >= 11 is 0. The molecule has 1 fully saturated rings. The Morgan fingerprint density at radius 3 is 3.00 bits per heavy atom. The van der Waals surface area contributed by atoms with Crippen LogP contribution in [0.1, 0.15) is 18.6 Å². The van der Waals surface area contributed by atoms with Crippen molar-refractivity contribution in [3.05, 3.63) is 41.9 Å². The molecule has 1 atom stereocenters. The number of carbonyl (C=O) groups is 2. The van der Waals surface area contributed by atoms with Crippen LogP contribution < -0.4 is 11.1 Å². The van der Waals surface area contributed by atoms with Crippen molar-refractivity contribution in [3.63, 3.8) is 0 Å². The van der Waals surface area contributed by atoms with E-state index in [-0.39, 0.29) is 30.7 Å². The summed E-state index contributed by atoms with van der Waals surface area (Å²) in [6.45, 7) is 1.65. The zero-order chi connectivity index (χ0) is 18.5. The fourth-order valence-corrected chi connectivity index (χ4v) is 3.13.